The molecule has 1 aromatic heterocycles. The van der Waals surface area contributed by atoms with E-state index in [0.717, 1.165) is 18.7 Å². The average Bonchev–Trinajstić information content (AvgIpc) is 2.62. The van der Waals surface area contributed by atoms with Crippen molar-refractivity contribution in [2.24, 2.45) is 0 Å². The van der Waals surface area contributed by atoms with E-state index in [2.05, 4.69) is 10.1 Å². The molecule has 1 aliphatic heterocycles. The zero-order valence-corrected chi connectivity index (χ0v) is 7.56. The van der Waals surface area contributed by atoms with Gasteiger partial charge in [-0.25, -0.2) is 4.79 Å². The van der Waals surface area contributed by atoms with Gasteiger partial charge in [0.1, 0.15) is 0 Å². The molecule has 1 aliphatic rings. The normalized spacial score (nSPS) is 14.6. The van der Waals surface area contributed by atoms with Gasteiger partial charge in [-0.05, 0) is 17.4 Å². The van der Waals surface area contributed by atoms with Crippen molar-refractivity contribution in [1.29, 1.82) is 0 Å². The molecule has 0 aromatic carbocycles. The summed E-state index contributed by atoms with van der Waals surface area (Å²) < 4.78 is 4.65. The number of amides is 1. The van der Waals surface area contributed by atoms with Crippen LogP contribution in [-0.2, 0) is 11.2 Å². The topological polar surface area (TPSA) is 29.5 Å². The maximum absolute atomic E-state index is 11.2. The first-order valence-electron chi connectivity index (χ1n) is 3.73. The second-order valence-corrected chi connectivity index (χ2v) is 3.40. The third kappa shape index (κ3) is 0.992. The number of hydrogen-bond acceptors (Lipinski definition) is 3. The fourth-order valence-corrected chi connectivity index (χ4v) is 2.27. The van der Waals surface area contributed by atoms with E-state index in [1.165, 1.54) is 12.7 Å². The molecule has 0 aliphatic carbocycles. The Balaban J connectivity index is 2.28. The molecule has 0 N–H and O–H groups in total. The van der Waals surface area contributed by atoms with Crippen molar-refractivity contribution in [2.45, 2.75) is 6.42 Å². The van der Waals surface area contributed by atoms with Gasteiger partial charge in [-0.3, -0.25) is 4.90 Å². The van der Waals surface area contributed by atoms with Crippen LogP contribution in [0.1, 0.15) is 5.56 Å². The number of carbonyl (C=O) groups excluding carboxylic acids is 1. The van der Waals surface area contributed by atoms with Gasteiger partial charge in [-0.15, -0.1) is 11.3 Å². The van der Waals surface area contributed by atoms with Gasteiger partial charge in [-0.2, -0.15) is 0 Å². The lowest BCUT2D eigenvalue weighted by atomic mass is 10.3. The number of hydrogen-bond donors (Lipinski definition) is 0. The minimum absolute atomic E-state index is 0.257. The van der Waals surface area contributed by atoms with E-state index in [-0.39, 0.29) is 6.09 Å². The molecule has 0 bridgehead atoms. The van der Waals surface area contributed by atoms with E-state index < -0.39 is 0 Å². The molecular weight excluding hydrogens is 174 g/mol. The van der Waals surface area contributed by atoms with Crippen LogP contribution >= 0.6 is 11.3 Å². The standard InChI is InChI=1S/C8H9NO2S/c1-11-8(10)9-3-2-6-4-12-5-7(6)9/h4-5H,2-3H2,1H3. The van der Waals surface area contributed by atoms with Gasteiger partial charge in [0.25, 0.3) is 0 Å². The maximum Gasteiger partial charge on any atom is 0.414 e. The largest absolute Gasteiger partial charge is 0.452 e. The van der Waals surface area contributed by atoms with Crippen molar-refractivity contribution < 1.29 is 9.53 Å². The summed E-state index contributed by atoms with van der Waals surface area (Å²) in [6.45, 7) is 0.755. The van der Waals surface area contributed by atoms with E-state index in [4.69, 9.17) is 0 Å². The molecule has 2 rings (SSSR count). The Morgan fingerprint density at radius 2 is 2.50 bits per heavy atom. The van der Waals surface area contributed by atoms with Crippen LogP contribution in [0.5, 0.6) is 0 Å². The quantitative estimate of drug-likeness (QED) is 0.614. The molecule has 4 heteroatoms. The van der Waals surface area contributed by atoms with Crippen LogP contribution in [0.15, 0.2) is 10.8 Å². The fraction of sp³-hybridized carbons (Fsp3) is 0.375. The van der Waals surface area contributed by atoms with Crippen molar-refractivity contribution in [1.82, 2.24) is 0 Å². The van der Waals surface area contributed by atoms with E-state index in [9.17, 15) is 4.79 Å². The minimum atomic E-state index is -0.257. The molecule has 2 heterocycles. The monoisotopic (exact) mass is 183 g/mol. The van der Waals surface area contributed by atoms with Gasteiger partial charge in [0.15, 0.2) is 0 Å². The molecule has 0 unspecified atom stereocenters. The molecule has 0 saturated carbocycles. The Morgan fingerprint density at radius 1 is 1.67 bits per heavy atom. The third-order valence-corrected chi connectivity index (χ3v) is 2.79. The molecule has 0 atom stereocenters. The minimum Gasteiger partial charge on any atom is -0.452 e. The highest BCUT2D eigenvalue weighted by atomic mass is 32.1. The molecule has 0 saturated heterocycles. The third-order valence-electron chi connectivity index (χ3n) is 2.01. The molecule has 64 valence electrons. The summed E-state index contributed by atoms with van der Waals surface area (Å²) in [5, 5.41) is 4.07. The number of methoxy groups -OCH3 is 1. The lowest BCUT2D eigenvalue weighted by Gasteiger charge is -2.13. The number of fused-ring (bicyclic) bond motifs is 1. The number of carbonyl (C=O) groups is 1. The van der Waals surface area contributed by atoms with Gasteiger partial charge in [0.2, 0.25) is 0 Å². The molecule has 0 spiro atoms. The van der Waals surface area contributed by atoms with Gasteiger partial charge in [0.05, 0.1) is 12.8 Å². The molecule has 0 radical (unpaired) electrons. The highest BCUT2D eigenvalue weighted by molar-refractivity contribution is 7.08. The first kappa shape index (κ1) is 7.61. The summed E-state index contributed by atoms with van der Waals surface area (Å²) in [4.78, 5) is 12.9. The van der Waals surface area contributed by atoms with Crippen LogP contribution in [0.3, 0.4) is 0 Å². The molecule has 1 aromatic rings. The van der Waals surface area contributed by atoms with Gasteiger partial charge < -0.3 is 4.74 Å². The second kappa shape index (κ2) is 2.79. The summed E-state index contributed by atoms with van der Waals surface area (Å²) in [6, 6.07) is 0. The van der Waals surface area contributed by atoms with Crippen molar-refractivity contribution in [3.05, 3.63) is 16.3 Å². The summed E-state index contributed by atoms with van der Waals surface area (Å²) in [7, 11) is 1.41. The molecular formula is C8H9NO2S. The van der Waals surface area contributed by atoms with Crippen LogP contribution in [0.2, 0.25) is 0 Å². The molecule has 0 fully saturated rings. The highest BCUT2D eigenvalue weighted by Crippen LogP contribution is 2.31. The Kier molecular flexibility index (Phi) is 1.77. The fourth-order valence-electron chi connectivity index (χ4n) is 1.39. The van der Waals surface area contributed by atoms with E-state index >= 15 is 0 Å². The average molecular weight is 183 g/mol. The summed E-state index contributed by atoms with van der Waals surface area (Å²) >= 11 is 1.62. The first-order valence-corrected chi connectivity index (χ1v) is 4.68. The van der Waals surface area contributed by atoms with Crippen molar-refractivity contribution in [2.75, 3.05) is 18.6 Å². The second-order valence-electron chi connectivity index (χ2n) is 2.65. The van der Waals surface area contributed by atoms with E-state index in [0.29, 0.717) is 0 Å². The number of thiophene rings is 1. The van der Waals surface area contributed by atoms with Gasteiger partial charge in [0, 0.05) is 11.9 Å². The van der Waals surface area contributed by atoms with Crippen molar-refractivity contribution in [3.8, 4) is 0 Å². The molecule has 1 amide bonds. The van der Waals surface area contributed by atoms with Crippen LogP contribution in [0, 0.1) is 0 Å². The predicted octanol–water partition coefficient (Wildman–Crippen LogP) is 1.88. The Morgan fingerprint density at radius 3 is 3.25 bits per heavy atom. The van der Waals surface area contributed by atoms with E-state index in [1.807, 2.05) is 5.38 Å². The first-order chi connectivity index (χ1) is 5.83. The Bertz CT molecular complexity index is 308. The summed E-state index contributed by atoms with van der Waals surface area (Å²) in [6.07, 6.45) is 0.695. The number of rotatable bonds is 0. The van der Waals surface area contributed by atoms with E-state index in [1.54, 1.807) is 16.2 Å². The lowest BCUT2D eigenvalue weighted by Crippen LogP contribution is -2.28. The lowest BCUT2D eigenvalue weighted by molar-refractivity contribution is 0.179. The highest BCUT2D eigenvalue weighted by Gasteiger charge is 2.25. The van der Waals surface area contributed by atoms with Crippen molar-refractivity contribution >= 4 is 23.1 Å². The van der Waals surface area contributed by atoms with Gasteiger partial charge >= 0.3 is 6.09 Å². The van der Waals surface area contributed by atoms with Crippen molar-refractivity contribution in [3.63, 3.8) is 0 Å². The van der Waals surface area contributed by atoms with Crippen LogP contribution in [0.25, 0.3) is 0 Å². The predicted molar refractivity (Wildman–Crippen MR) is 47.8 cm³/mol. The zero-order chi connectivity index (χ0) is 8.55. The van der Waals surface area contributed by atoms with Crippen LogP contribution in [0.4, 0.5) is 10.5 Å². The maximum atomic E-state index is 11.2. The zero-order valence-electron chi connectivity index (χ0n) is 6.74. The van der Waals surface area contributed by atoms with Crippen LogP contribution < -0.4 is 4.90 Å². The smallest absolute Gasteiger partial charge is 0.414 e. The number of nitrogens with zero attached hydrogens (tertiary/aromatic N) is 1. The Labute approximate surface area is 74.6 Å². The SMILES string of the molecule is COC(=O)N1CCc2cscc21. The van der Waals surface area contributed by atoms with Crippen LogP contribution in [-0.4, -0.2) is 19.7 Å². The van der Waals surface area contributed by atoms with Gasteiger partial charge in [-0.1, -0.05) is 0 Å². The Hall–Kier alpha value is -1.03. The number of ether oxygens (including phenoxy) is 1. The molecule has 12 heavy (non-hydrogen) atoms. The summed E-state index contributed by atoms with van der Waals surface area (Å²) in [5.41, 5.74) is 2.28. The molecule has 3 nitrogen and oxygen atoms in total. The number of anilines is 1. The summed E-state index contributed by atoms with van der Waals surface area (Å²) in [5.74, 6) is 0.